The molecule has 0 spiro atoms. The summed E-state index contributed by atoms with van der Waals surface area (Å²) in [5.74, 6) is -0.185. The molecule has 0 saturated carbocycles. The summed E-state index contributed by atoms with van der Waals surface area (Å²) in [5, 5.41) is 19.9. The van der Waals surface area contributed by atoms with Crippen molar-refractivity contribution in [2.75, 3.05) is 20.2 Å². The largest absolute Gasteiger partial charge is 0.395 e. The molecule has 1 saturated heterocycles. The van der Waals surface area contributed by atoms with Crippen LogP contribution in [0.1, 0.15) is 16.9 Å². The zero-order valence-corrected chi connectivity index (χ0v) is 13.5. The number of likely N-dealkylation sites (N-methyl/N-ethyl adjacent to an activating group) is 1. The number of H-pyrrole nitrogens is 1. The van der Waals surface area contributed by atoms with Gasteiger partial charge in [-0.15, -0.1) is 0 Å². The lowest BCUT2D eigenvalue weighted by atomic mass is 10.1. The minimum atomic E-state index is -0.185. The number of likely N-dealkylation sites (tertiary alicyclic amines) is 1. The molecule has 1 aliphatic heterocycles. The minimum absolute atomic E-state index is 0.0342. The zero-order valence-electron chi connectivity index (χ0n) is 12.8. The monoisotopic (exact) mass is 334 g/mol. The summed E-state index contributed by atoms with van der Waals surface area (Å²) in [6.45, 7) is 0.836. The van der Waals surface area contributed by atoms with Crippen LogP contribution in [0.15, 0.2) is 30.3 Å². The van der Waals surface area contributed by atoms with Crippen molar-refractivity contribution in [1.29, 1.82) is 0 Å². The van der Waals surface area contributed by atoms with Crippen LogP contribution in [0.4, 0.5) is 0 Å². The maximum absolute atomic E-state index is 12.3. The first kappa shape index (κ1) is 16.0. The number of halogens is 1. The summed E-state index contributed by atoms with van der Waals surface area (Å²) < 4.78 is 0. The van der Waals surface area contributed by atoms with E-state index in [1.54, 1.807) is 18.2 Å². The Kier molecular flexibility index (Phi) is 4.66. The maximum atomic E-state index is 12.3. The third-order valence-electron chi connectivity index (χ3n) is 4.20. The first-order valence-corrected chi connectivity index (χ1v) is 7.88. The van der Waals surface area contributed by atoms with Gasteiger partial charge in [-0.3, -0.25) is 14.8 Å². The van der Waals surface area contributed by atoms with E-state index in [-0.39, 0.29) is 24.6 Å². The number of hydrogen-bond acceptors (Lipinski definition) is 4. The number of carbonyl (C=O) groups excluding carboxylic acids is 1. The normalized spacial score (nSPS) is 21.5. The van der Waals surface area contributed by atoms with E-state index in [2.05, 4.69) is 20.4 Å². The van der Waals surface area contributed by atoms with Gasteiger partial charge in [0.15, 0.2) is 0 Å². The summed E-state index contributed by atoms with van der Waals surface area (Å²) in [4.78, 5) is 14.4. The smallest absolute Gasteiger partial charge is 0.269 e. The van der Waals surface area contributed by atoms with Crippen LogP contribution in [0, 0.1) is 0 Å². The topological polar surface area (TPSA) is 81.2 Å². The Labute approximate surface area is 139 Å². The second-order valence-electron chi connectivity index (χ2n) is 5.86. The van der Waals surface area contributed by atoms with E-state index >= 15 is 0 Å². The molecule has 1 amide bonds. The SMILES string of the molecule is CN1C[C@H](NC(=O)c2cc(-c3ccc(Cl)cc3)n[nH]2)C[C@H]1CO. The molecule has 0 unspecified atom stereocenters. The lowest BCUT2D eigenvalue weighted by Crippen LogP contribution is -2.36. The summed E-state index contributed by atoms with van der Waals surface area (Å²) in [6, 6.07) is 9.15. The quantitative estimate of drug-likeness (QED) is 0.792. The molecule has 1 aromatic heterocycles. The van der Waals surface area contributed by atoms with Crippen LogP contribution in [0.25, 0.3) is 11.3 Å². The minimum Gasteiger partial charge on any atom is -0.395 e. The molecule has 1 aliphatic rings. The summed E-state index contributed by atoms with van der Waals surface area (Å²) in [6.07, 6.45) is 0.747. The maximum Gasteiger partial charge on any atom is 0.269 e. The average Bonchev–Trinajstić information content (AvgIpc) is 3.15. The van der Waals surface area contributed by atoms with Crippen molar-refractivity contribution in [3.63, 3.8) is 0 Å². The second kappa shape index (κ2) is 6.70. The van der Waals surface area contributed by atoms with Gasteiger partial charge in [-0.1, -0.05) is 23.7 Å². The Bertz CT molecular complexity index is 686. The van der Waals surface area contributed by atoms with Crippen LogP contribution < -0.4 is 5.32 Å². The molecule has 2 aromatic rings. The first-order valence-electron chi connectivity index (χ1n) is 7.50. The van der Waals surface area contributed by atoms with Crippen molar-refractivity contribution < 1.29 is 9.90 Å². The fraction of sp³-hybridized carbons (Fsp3) is 0.375. The molecule has 2 heterocycles. The van der Waals surface area contributed by atoms with Gasteiger partial charge in [0, 0.05) is 29.2 Å². The van der Waals surface area contributed by atoms with Gasteiger partial charge in [-0.2, -0.15) is 5.10 Å². The lowest BCUT2D eigenvalue weighted by Gasteiger charge is -2.15. The number of nitrogens with zero attached hydrogens (tertiary/aromatic N) is 2. The van der Waals surface area contributed by atoms with Gasteiger partial charge in [0.25, 0.3) is 5.91 Å². The molecule has 6 nitrogen and oxygen atoms in total. The van der Waals surface area contributed by atoms with Gasteiger partial charge in [0.2, 0.25) is 0 Å². The van der Waals surface area contributed by atoms with Crippen LogP contribution in [0.5, 0.6) is 0 Å². The molecule has 3 rings (SSSR count). The van der Waals surface area contributed by atoms with Crippen molar-refractivity contribution >= 4 is 17.5 Å². The Balaban J connectivity index is 1.66. The number of benzene rings is 1. The predicted octanol–water partition coefficient (Wildman–Crippen LogP) is 1.52. The van der Waals surface area contributed by atoms with E-state index in [0.29, 0.717) is 16.4 Å². The number of carbonyl (C=O) groups is 1. The van der Waals surface area contributed by atoms with Crippen molar-refractivity contribution in [3.05, 3.63) is 41.0 Å². The number of nitrogens with one attached hydrogen (secondary N) is 2. The van der Waals surface area contributed by atoms with E-state index < -0.39 is 0 Å². The van der Waals surface area contributed by atoms with Gasteiger partial charge in [0.1, 0.15) is 5.69 Å². The summed E-state index contributed by atoms with van der Waals surface area (Å²) in [5.41, 5.74) is 2.01. The molecular formula is C16H19ClN4O2. The molecular weight excluding hydrogens is 316 g/mol. The van der Waals surface area contributed by atoms with Gasteiger partial charge in [-0.05, 0) is 31.7 Å². The Morgan fingerprint density at radius 1 is 1.48 bits per heavy atom. The van der Waals surface area contributed by atoms with Crippen molar-refractivity contribution in [2.24, 2.45) is 0 Å². The Morgan fingerprint density at radius 3 is 2.87 bits per heavy atom. The highest BCUT2D eigenvalue weighted by Gasteiger charge is 2.30. The second-order valence-corrected chi connectivity index (χ2v) is 6.29. The summed E-state index contributed by atoms with van der Waals surface area (Å²) in [7, 11) is 1.95. The number of aromatic nitrogens is 2. The molecule has 122 valence electrons. The standard InChI is InChI=1S/C16H19ClN4O2/c1-21-8-12(6-13(21)9-22)18-16(23)15-7-14(19-20-15)10-2-4-11(17)5-3-10/h2-5,7,12-13,22H,6,8-9H2,1H3,(H,18,23)(H,19,20)/t12-,13+/m1/s1. The number of amides is 1. The zero-order chi connectivity index (χ0) is 16.4. The number of aliphatic hydroxyl groups excluding tert-OH is 1. The van der Waals surface area contributed by atoms with Crippen molar-refractivity contribution in [2.45, 2.75) is 18.5 Å². The third-order valence-corrected chi connectivity index (χ3v) is 4.45. The average molecular weight is 335 g/mol. The molecule has 1 aromatic carbocycles. The molecule has 23 heavy (non-hydrogen) atoms. The predicted molar refractivity (Wildman–Crippen MR) is 88.4 cm³/mol. The third kappa shape index (κ3) is 3.55. The van der Waals surface area contributed by atoms with E-state index in [9.17, 15) is 9.90 Å². The number of aliphatic hydroxyl groups is 1. The van der Waals surface area contributed by atoms with Crippen molar-refractivity contribution in [3.8, 4) is 11.3 Å². The van der Waals surface area contributed by atoms with Gasteiger partial charge < -0.3 is 10.4 Å². The summed E-state index contributed by atoms with van der Waals surface area (Å²) >= 11 is 5.87. The van der Waals surface area contributed by atoms with E-state index in [1.807, 2.05) is 19.2 Å². The fourth-order valence-electron chi connectivity index (χ4n) is 2.87. The van der Waals surface area contributed by atoms with E-state index in [0.717, 1.165) is 18.5 Å². The van der Waals surface area contributed by atoms with Gasteiger partial charge in [0.05, 0.1) is 12.3 Å². The highest BCUT2D eigenvalue weighted by Crippen LogP contribution is 2.20. The van der Waals surface area contributed by atoms with Crippen LogP contribution in [-0.2, 0) is 0 Å². The lowest BCUT2D eigenvalue weighted by molar-refractivity contribution is 0.0933. The molecule has 3 N–H and O–H groups in total. The molecule has 0 aliphatic carbocycles. The Morgan fingerprint density at radius 2 is 2.22 bits per heavy atom. The van der Waals surface area contributed by atoms with E-state index in [1.165, 1.54) is 0 Å². The van der Waals surface area contributed by atoms with Crippen LogP contribution in [-0.4, -0.2) is 58.4 Å². The van der Waals surface area contributed by atoms with Crippen molar-refractivity contribution in [1.82, 2.24) is 20.4 Å². The Hall–Kier alpha value is -1.89. The number of aromatic amines is 1. The van der Waals surface area contributed by atoms with Crippen LogP contribution in [0.2, 0.25) is 5.02 Å². The highest BCUT2D eigenvalue weighted by molar-refractivity contribution is 6.30. The number of rotatable bonds is 4. The van der Waals surface area contributed by atoms with E-state index in [4.69, 9.17) is 11.6 Å². The van der Waals surface area contributed by atoms with Gasteiger partial charge >= 0.3 is 0 Å². The molecule has 0 radical (unpaired) electrons. The van der Waals surface area contributed by atoms with Crippen LogP contribution >= 0.6 is 11.6 Å². The molecule has 7 heteroatoms. The first-order chi connectivity index (χ1) is 11.1. The molecule has 1 fully saturated rings. The fourth-order valence-corrected chi connectivity index (χ4v) is 2.99. The number of hydrogen-bond donors (Lipinski definition) is 3. The molecule has 0 bridgehead atoms. The highest BCUT2D eigenvalue weighted by atomic mass is 35.5. The van der Waals surface area contributed by atoms with Gasteiger partial charge in [-0.25, -0.2) is 0 Å². The molecule has 2 atom stereocenters. The van der Waals surface area contributed by atoms with Crippen LogP contribution in [0.3, 0.4) is 0 Å².